The van der Waals surface area contributed by atoms with E-state index in [2.05, 4.69) is 25.6 Å². The van der Waals surface area contributed by atoms with Crippen LogP contribution in [0.15, 0.2) is 54.9 Å². The zero-order valence-corrected chi connectivity index (χ0v) is 13.6. The number of halogens is 1. The zero-order valence-electron chi connectivity index (χ0n) is 13.6. The highest BCUT2D eigenvalue weighted by atomic mass is 19.1. The van der Waals surface area contributed by atoms with Crippen LogP contribution in [-0.2, 0) is 6.54 Å². The summed E-state index contributed by atoms with van der Waals surface area (Å²) in [5.74, 6) is 1.02. The maximum Gasteiger partial charge on any atom is 0.225 e. The zero-order chi connectivity index (χ0) is 17.1. The molecule has 2 aromatic heterocycles. The van der Waals surface area contributed by atoms with Gasteiger partial charge in [0.15, 0.2) is 0 Å². The molecule has 25 heavy (non-hydrogen) atoms. The number of pyridine rings is 1. The van der Waals surface area contributed by atoms with E-state index in [0.717, 1.165) is 24.1 Å². The van der Waals surface area contributed by atoms with Crippen molar-refractivity contribution in [2.45, 2.75) is 25.4 Å². The first kappa shape index (κ1) is 15.5. The predicted molar refractivity (Wildman–Crippen MR) is 95.6 cm³/mol. The molecule has 4 rings (SSSR count). The van der Waals surface area contributed by atoms with Gasteiger partial charge in [0.2, 0.25) is 5.95 Å². The second-order valence-corrected chi connectivity index (χ2v) is 6.06. The van der Waals surface area contributed by atoms with Crippen LogP contribution in [0.4, 0.5) is 16.2 Å². The molecule has 0 unspecified atom stereocenters. The van der Waals surface area contributed by atoms with Gasteiger partial charge in [0.25, 0.3) is 0 Å². The molecule has 0 bridgehead atoms. The highest BCUT2D eigenvalue weighted by Crippen LogP contribution is 2.26. The normalized spacial score (nSPS) is 13.5. The lowest BCUT2D eigenvalue weighted by Crippen LogP contribution is -2.09. The van der Waals surface area contributed by atoms with Crippen molar-refractivity contribution in [3.63, 3.8) is 0 Å². The van der Waals surface area contributed by atoms with Gasteiger partial charge in [-0.1, -0.05) is 18.2 Å². The van der Waals surface area contributed by atoms with Gasteiger partial charge in [-0.05, 0) is 31.0 Å². The van der Waals surface area contributed by atoms with Gasteiger partial charge in [0.05, 0.1) is 5.69 Å². The lowest BCUT2D eigenvalue weighted by Gasteiger charge is -2.11. The highest BCUT2D eigenvalue weighted by Gasteiger charge is 2.22. The van der Waals surface area contributed by atoms with Gasteiger partial charge in [0.1, 0.15) is 11.6 Å². The number of hydrogen-bond donors (Lipinski definition) is 2. The molecule has 1 aromatic carbocycles. The van der Waals surface area contributed by atoms with Crippen LogP contribution in [0.1, 0.15) is 18.4 Å². The maximum absolute atomic E-state index is 13.8. The van der Waals surface area contributed by atoms with Gasteiger partial charge in [0, 0.05) is 42.2 Å². The second kappa shape index (κ2) is 6.84. The Morgan fingerprint density at radius 2 is 1.84 bits per heavy atom. The summed E-state index contributed by atoms with van der Waals surface area (Å²) in [5, 5.41) is 6.52. The molecule has 6 heteroatoms. The summed E-state index contributed by atoms with van der Waals surface area (Å²) in [6, 6.07) is 12.9. The van der Waals surface area contributed by atoms with Crippen LogP contribution >= 0.6 is 0 Å². The molecule has 1 fully saturated rings. The van der Waals surface area contributed by atoms with Crippen LogP contribution in [0.3, 0.4) is 0 Å². The third-order valence-electron chi connectivity index (χ3n) is 4.03. The Balaban J connectivity index is 1.60. The van der Waals surface area contributed by atoms with Crippen molar-refractivity contribution in [2.24, 2.45) is 0 Å². The Morgan fingerprint density at radius 1 is 1.04 bits per heavy atom. The molecule has 0 amide bonds. The molecule has 5 nitrogen and oxygen atoms in total. The minimum Gasteiger partial charge on any atom is -0.366 e. The van der Waals surface area contributed by atoms with Crippen LogP contribution in [0.2, 0.25) is 0 Å². The first-order valence-corrected chi connectivity index (χ1v) is 8.31. The Kier molecular flexibility index (Phi) is 4.24. The minimum atomic E-state index is -0.227. The molecule has 1 saturated carbocycles. The molecule has 1 aliphatic carbocycles. The standard InChI is InChI=1S/C19H18FN5/c20-16-4-2-1-3-14(16)12-22-18-11-17(13-7-9-21-10-8-13)24-19(25-18)23-15-5-6-15/h1-4,7-11,15H,5-6,12H2,(H2,22,23,24,25). The van der Waals surface area contributed by atoms with Gasteiger partial charge in [-0.2, -0.15) is 4.98 Å². The first-order valence-electron chi connectivity index (χ1n) is 8.31. The van der Waals surface area contributed by atoms with E-state index in [-0.39, 0.29) is 5.82 Å². The van der Waals surface area contributed by atoms with E-state index in [1.165, 1.54) is 6.07 Å². The Bertz CT molecular complexity index is 865. The average molecular weight is 335 g/mol. The molecule has 2 N–H and O–H groups in total. The van der Waals surface area contributed by atoms with Gasteiger partial charge in [-0.15, -0.1) is 0 Å². The third-order valence-corrected chi connectivity index (χ3v) is 4.03. The number of benzene rings is 1. The predicted octanol–water partition coefficient (Wildman–Crippen LogP) is 3.86. The highest BCUT2D eigenvalue weighted by molar-refractivity contribution is 5.64. The molecule has 0 saturated heterocycles. The maximum atomic E-state index is 13.8. The van der Waals surface area contributed by atoms with E-state index < -0.39 is 0 Å². The smallest absolute Gasteiger partial charge is 0.225 e. The van der Waals surface area contributed by atoms with E-state index in [1.807, 2.05) is 24.3 Å². The second-order valence-electron chi connectivity index (χ2n) is 6.06. The number of aromatic nitrogens is 3. The van der Waals surface area contributed by atoms with Crippen molar-refractivity contribution in [3.05, 3.63) is 66.2 Å². The average Bonchev–Trinajstić information content (AvgIpc) is 3.46. The lowest BCUT2D eigenvalue weighted by molar-refractivity contribution is 0.613. The molecule has 3 aromatic rings. The van der Waals surface area contributed by atoms with Crippen LogP contribution in [-0.4, -0.2) is 21.0 Å². The number of rotatable bonds is 6. The molecule has 0 spiro atoms. The lowest BCUT2D eigenvalue weighted by atomic mass is 10.2. The van der Waals surface area contributed by atoms with Gasteiger partial charge < -0.3 is 10.6 Å². The minimum absolute atomic E-state index is 0.227. The van der Waals surface area contributed by atoms with Gasteiger partial charge >= 0.3 is 0 Å². The summed E-state index contributed by atoms with van der Waals surface area (Å²) in [6.45, 7) is 0.363. The van der Waals surface area contributed by atoms with Crippen LogP contribution in [0.5, 0.6) is 0 Å². The van der Waals surface area contributed by atoms with E-state index in [1.54, 1.807) is 24.5 Å². The summed E-state index contributed by atoms with van der Waals surface area (Å²) in [6.07, 6.45) is 5.75. The Morgan fingerprint density at radius 3 is 2.60 bits per heavy atom. The largest absolute Gasteiger partial charge is 0.366 e. The SMILES string of the molecule is Fc1ccccc1CNc1cc(-c2ccncc2)nc(NC2CC2)n1. The Hall–Kier alpha value is -3.02. The topological polar surface area (TPSA) is 62.7 Å². The third kappa shape index (κ3) is 3.91. The summed E-state index contributed by atoms with van der Waals surface area (Å²) in [7, 11) is 0. The van der Waals surface area contributed by atoms with Gasteiger partial charge in [-0.3, -0.25) is 4.98 Å². The molecule has 126 valence electrons. The van der Waals surface area contributed by atoms with Crippen LogP contribution in [0.25, 0.3) is 11.3 Å². The fourth-order valence-electron chi connectivity index (χ4n) is 2.51. The summed E-state index contributed by atoms with van der Waals surface area (Å²) in [5.41, 5.74) is 2.37. The van der Waals surface area contributed by atoms with Crippen LogP contribution in [0, 0.1) is 5.82 Å². The van der Waals surface area contributed by atoms with Crippen molar-refractivity contribution in [3.8, 4) is 11.3 Å². The summed E-state index contributed by atoms with van der Waals surface area (Å²) < 4.78 is 13.8. The van der Waals surface area contributed by atoms with E-state index >= 15 is 0 Å². The number of hydrogen-bond acceptors (Lipinski definition) is 5. The first-order chi connectivity index (χ1) is 12.3. The van der Waals surface area contributed by atoms with Crippen LogP contribution < -0.4 is 10.6 Å². The quantitative estimate of drug-likeness (QED) is 0.716. The fourth-order valence-corrected chi connectivity index (χ4v) is 2.51. The number of nitrogens with one attached hydrogen (secondary N) is 2. The van der Waals surface area contributed by atoms with Crippen molar-refractivity contribution in [2.75, 3.05) is 10.6 Å². The van der Waals surface area contributed by atoms with E-state index in [0.29, 0.717) is 29.9 Å². The van der Waals surface area contributed by atoms with Gasteiger partial charge in [-0.25, -0.2) is 9.37 Å². The number of anilines is 2. The monoisotopic (exact) mass is 335 g/mol. The molecule has 0 atom stereocenters. The molecular weight excluding hydrogens is 317 g/mol. The number of nitrogens with zero attached hydrogens (tertiary/aromatic N) is 3. The molecule has 1 aliphatic rings. The van der Waals surface area contributed by atoms with Crippen molar-refractivity contribution < 1.29 is 4.39 Å². The fraction of sp³-hybridized carbons (Fsp3) is 0.211. The van der Waals surface area contributed by atoms with Crippen molar-refractivity contribution in [1.82, 2.24) is 15.0 Å². The summed E-state index contributed by atoms with van der Waals surface area (Å²) >= 11 is 0. The molecular formula is C19H18FN5. The molecule has 2 heterocycles. The Labute approximate surface area is 145 Å². The molecule has 0 radical (unpaired) electrons. The van der Waals surface area contributed by atoms with Crippen molar-refractivity contribution in [1.29, 1.82) is 0 Å². The molecule has 0 aliphatic heterocycles. The van der Waals surface area contributed by atoms with Crippen molar-refractivity contribution >= 4 is 11.8 Å². The van der Waals surface area contributed by atoms with E-state index in [4.69, 9.17) is 0 Å². The summed E-state index contributed by atoms with van der Waals surface area (Å²) in [4.78, 5) is 13.1. The van der Waals surface area contributed by atoms with E-state index in [9.17, 15) is 4.39 Å².